The molecule has 5 nitrogen and oxygen atoms in total. The lowest BCUT2D eigenvalue weighted by Crippen LogP contribution is -2.04. The highest BCUT2D eigenvalue weighted by molar-refractivity contribution is 7.11. The molecule has 0 bridgehead atoms. The molecule has 0 saturated heterocycles. The summed E-state index contributed by atoms with van der Waals surface area (Å²) in [5.74, 6) is 0. The summed E-state index contributed by atoms with van der Waals surface area (Å²) in [6.07, 6.45) is 6.44. The molecule has 1 aromatic carbocycles. The maximum atomic E-state index is 4.37. The average Bonchev–Trinajstić information content (AvgIpc) is 3.17. The first-order valence-corrected chi connectivity index (χ1v) is 7.31. The molecule has 6 heteroatoms. The first-order chi connectivity index (χ1) is 9.86. The Balaban J connectivity index is 1.77. The van der Waals surface area contributed by atoms with Crippen molar-refractivity contribution in [3.8, 4) is 5.69 Å². The van der Waals surface area contributed by atoms with Crippen LogP contribution in [0.5, 0.6) is 0 Å². The number of hydrogen-bond acceptors (Lipinski definition) is 5. The van der Waals surface area contributed by atoms with Crippen LogP contribution in [0.3, 0.4) is 0 Å². The van der Waals surface area contributed by atoms with Crippen LogP contribution < -0.4 is 5.32 Å². The second-order valence-electron chi connectivity index (χ2n) is 4.29. The summed E-state index contributed by atoms with van der Waals surface area (Å²) in [6, 6.07) is 8.05. The third kappa shape index (κ3) is 2.70. The van der Waals surface area contributed by atoms with Crippen molar-refractivity contribution in [3.05, 3.63) is 52.7 Å². The van der Waals surface area contributed by atoms with Crippen molar-refractivity contribution in [1.82, 2.24) is 20.0 Å². The maximum Gasteiger partial charge on any atom is 0.0925 e. The molecule has 0 aliphatic carbocycles. The molecule has 0 aliphatic rings. The van der Waals surface area contributed by atoms with Gasteiger partial charge in [0.15, 0.2) is 0 Å². The first-order valence-electron chi connectivity index (χ1n) is 6.50. The quantitative estimate of drug-likeness (QED) is 0.783. The van der Waals surface area contributed by atoms with E-state index in [-0.39, 0.29) is 0 Å². The van der Waals surface area contributed by atoms with Crippen molar-refractivity contribution in [2.45, 2.75) is 19.9 Å². The van der Waals surface area contributed by atoms with Crippen LogP contribution in [0, 0.1) is 0 Å². The number of para-hydroxylation sites is 2. The van der Waals surface area contributed by atoms with Gasteiger partial charge in [-0.1, -0.05) is 24.3 Å². The van der Waals surface area contributed by atoms with E-state index < -0.39 is 0 Å². The van der Waals surface area contributed by atoms with Crippen LogP contribution in [0.2, 0.25) is 0 Å². The fourth-order valence-electron chi connectivity index (χ4n) is 1.94. The molecule has 3 rings (SSSR count). The summed E-state index contributed by atoms with van der Waals surface area (Å²) in [7, 11) is 0. The van der Waals surface area contributed by atoms with E-state index in [1.807, 2.05) is 36.7 Å². The van der Waals surface area contributed by atoms with Gasteiger partial charge >= 0.3 is 0 Å². The van der Waals surface area contributed by atoms with E-state index in [0.717, 1.165) is 24.3 Å². The lowest BCUT2D eigenvalue weighted by molar-refractivity contribution is 0.803. The molecule has 0 spiro atoms. The van der Waals surface area contributed by atoms with Gasteiger partial charge < -0.3 is 5.32 Å². The van der Waals surface area contributed by atoms with E-state index in [0.29, 0.717) is 0 Å². The first kappa shape index (κ1) is 12.8. The van der Waals surface area contributed by atoms with Crippen LogP contribution in [0.15, 0.2) is 42.9 Å². The Bertz CT molecular complexity index is 674. The van der Waals surface area contributed by atoms with Gasteiger partial charge in [-0.2, -0.15) is 0 Å². The fourth-order valence-corrected chi connectivity index (χ4v) is 2.74. The van der Waals surface area contributed by atoms with Gasteiger partial charge in [0.05, 0.1) is 35.3 Å². The molecule has 0 atom stereocenters. The molecule has 0 unspecified atom stereocenters. The maximum absolute atomic E-state index is 4.37. The van der Waals surface area contributed by atoms with E-state index in [4.69, 9.17) is 0 Å². The van der Waals surface area contributed by atoms with Crippen molar-refractivity contribution < 1.29 is 0 Å². The second kappa shape index (κ2) is 5.83. The third-order valence-electron chi connectivity index (χ3n) is 2.93. The number of aryl methyl sites for hydroxylation is 1. The van der Waals surface area contributed by atoms with Crippen LogP contribution in [-0.2, 0) is 13.0 Å². The summed E-state index contributed by atoms with van der Waals surface area (Å²) in [4.78, 5) is 5.60. The molecule has 1 N–H and O–H groups in total. The summed E-state index contributed by atoms with van der Waals surface area (Å²) in [5.41, 5.74) is 2.02. The zero-order chi connectivity index (χ0) is 13.8. The molecule has 102 valence electrons. The van der Waals surface area contributed by atoms with Crippen LogP contribution in [0.25, 0.3) is 5.69 Å². The Hall–Kier alpha value is -2.21. The minimum atomic E-state index is 0.767. The van der Waals surface area contributed by atoms with Crippen molar-refractivity contribution in [2.24, 2.45) is 0 Å². The Morgan fingerprint density at radius 2 is 2.20 bits per heavy atom. The number of benzene rings is 1. The van der Waals surface area contributed by atoms with Crippen LogP contribution in [-0.4, -0.2) is 20.0 Å². The highest BCUT2D eigenvalue weighted by Gasteiger charge is 2.05. The smallest absolute Gasteiger partial charge is 0.0925 e. The van der Waals surface area contributed by atoms with E-state index in [1.165, 1.54) is 9.88 Å². The molecular formula is C14H15N5S. The lowest BCUT2D eigenvalue weighted by Gasteiger charge is -2.10. The van der Waals surface area contributed by atoms with Gasteiger partial charge in [-0.15, -0.1) is 16.4 Å². The van der Waals surface area contributed by atoms with Crippen LogP contribution in [0.1, 0.15) is 16.8 Å². The van der Waals surface area contributed by atoms with E-state index >= 15 is 0 Å². The molecule has 3 aromatic rings. The lowest BCUT2D eigenvalue weighted by atomic mass is 10.2. The Labute approximate surface area is 121 Å². The number of anilines is 1. The predicted molar refractivity (Wildman–Crippen MR) is 80.2 cm³/mol. The number of hydrogen-bond donors (Lipinski definition) is 1. The molecule has 2 heterocycles. The predicted octanol–water partition coefficient (Wildman–Crippen LogP) is 2.90. The molecule has 0 fully saturated rings. The average molecular weight is 285 g/mol. The molecule has 2 aromatic heterocycles. The van der Waals surface area contributed by atoms with E-state index in [2.05, 4.69) is 27.5 Å². The summed E-state index contributed by atoms with van der Waals surface area (Å²) < 4.78 is 1.76. The number of thiazole rings is 1. The highest BCUT2D eigenvalue weighted by atomic mass is 32.1. The zero-order valence-electron chi connectivity index (χ0n) is 11.2. The number of aromatic nitrogens is 4. The van der Waals surface area contributed by atoms with Gasteiger partial charge in [0.2, 0.25) is 0 Å². The molecule has 0 saturated carbocycles. The standard InChI is InChI=1S/C14H15N5S/c1-2-14-16-10-11(20-14)9-15-12-5-3-4-6-13(12)19-8-7-17-18-19/h3-8,10,15H,2,9H2,1H3. The molecule has 0 amide bonds. The van der Waals surface area contributed by atoms with Gasteiger partial charge in [0.1, 0.15) is 0 Å². The zero-order valence-corrected chi connectivity index (χ0v) is 12.0. The van der Waals surface area contributed by atoms with Gasteiger partial charge in [-0.25, -0.2) is 9.67 Å². The van der Waals surface area contributed by atoms with Gasteiger partial charge in [0, 0.05) is 11.1 Å². The van der Waals surface area contributed by atoms with Crippen molar-refractivity contribution in [3.63, 3.8) is 0 Å². The van der Waals surface area contributed by atoms with Crippen molar-refractivity contribution in [1.29, 1.82) is 0 Å². The number of nitrogens with zero attached hydrogens (tertiary/aromatic N) is 4. The monoisotopic (exact) mass is 285 g/mol. The van der Waals surface area contributed by atoms with E-state index in [9.17, 15) is 0 Å². The molecule has 20 heavy (non-hydrogen) atoms. The van der Waals surface area contributed by atoms with Crippen LogP contribution in [0.4, 0.5) is 5.69 Å². The molecular weight excluding hydrogens is 270 g/mol. The Kier molecular flexibility index (Phi) is 3.73. The van der Waals surface area contributed by atoms with E-state index in [1.54, 1.807) is 22.2 Å². The Morgan fingerprint density at radius 3 is 2.95 bits per heavy atom. The van der Waals surface area contributed by atoms with Gasteiger partial charge in [0.25, 0.3) is 0 Å². The highest BCUT2D eigenvalue weighted by Crippen LogP contribution is 2.21. The topological polar surface area (TPSA) is 55.6 Å². The largest absolute Gasteiger partial charge is 0.378 e. The Morgan fingerprint density at radius 1 is 1.30 bits per heavy atom. The number of nitrogens with one attached hydrogen (secondary N) is 1. The van der Waals surface area contributed by atoms with Gasteiger partial charge in [-0.3, -0.25) is 0 Å². The molecule has 0 radical (unpaired) electrons. The minimum Gasteiger partial charge on any atom is -0.378 e. The normalized spacial score (nSPS) is 10.7. The van der Waals surface area contributed by atoms with Gasteiger partial charge in [-0.05, 0) is 18.6 Å². The van der Waals surface area contributed by atoms with Crippen molar-refractivity contribution >= 4 is 17.0 Å². The summed E-state index contributed by atoms with van der Waals surface area (Å²) in [5, 5.41) is 12.5. The summed E-state index contributed by atoms with van der Waals surface area (Å²) >= 11 is 1.75. The molecule has 0 aliphatic heterocycles. The van der Waals surface area contributed by atoms with Crippen LogP contribution >= 0.6 is 11.3 Å². The number of rotatable bonds is 5. The fraction of sp³-hybridized carbons (Fsp3) is 0.214. The second-order valence-corrected chi connectivity index (χ2v) is 5.49. The third-order valence-corrected chi connectivity index (χ3v) is 4.07. The summed E-state index contributed by atoms with van der Waals surface area (Å²) in [6.45, 7) is 2.89. The minimum absolute atomic E-state index is 0.767. The van der Waals surface area contributed by atoms with Crippen molar-refractivity contribution in [2.75, 3.05) is 5.32 Å². The SMILES string of the molecule is CCc1ncc(CNc2ccccc2-n2ccnn2)s1.